The Morgan fingerprint density at radius 2 is 2.00 bits per heavy atom. The number of ether oxygens (including phenoxy) is 2. The van der Waals surface area contributed by atoms with Gasteiger partial charge in [-0.3, -0.25) is 10.1 Å². The Bertz CT molecular complexity index is 747. The quantitative estimate of drug-likeness (QED) is 0.633. The number of methoxy groups -OCH3 is 1. The molecular formula is C18H24ClN3O3S. The first-order valence-corrected chi connectivity index (χ1v) is 9.88. The zero-order valence-electron chi connectivity index (χ0n) is 15.5. The average Bonchev–Trinajstić information content (AvgIpc) is 3.09. The highest BCUT2D eigenvalue weighted by atomic mass is 35.5. The van der Waals surface area contributed by atoms with Crippen LogP contribution in [0.1, 0.15) is 61.3 Å². The molecule has 0 aliphatic heterocycles. The molecule has 0 aliphatic carbocycles. The molecule has 0 saturated heterocycles. The lowest BCUT2D eigenvalue weighted by atomic mass is 10.1. The third-order valence-corrected chi connectivity index (χ3v) is 5.22. The number of nitrogens with zero attached hydrogens (tertiary/aromatic N) is 2. The van der Waals surface area contributed by atoms with Gasteiger partial charge in [-0.1, -0.05) is 43.7 Å². The van der Waals surface area contributed by atoms with E-state index in [2.05, 4.69) is 29.4 Å². The van der Waals surface area contributed by atoms with Gasteiger partial charge in [0, 0.05) is 11.5 Å². The molecule has 1 amide bonds. The van der Waals surface area contributed by atoms with Crippen molar-refractivity contribution in [2.45, 2.75) is 46.0 Å². The van der Waals surface area contributed by atoms with E-state index in [0.717, 1.165) is 24.3 Å². The molecule has 6 nitrogen and oxygen atoms in total. The van der Waals surface area contributed by atoms with Gasteiger partial charge in [0.05, 0.1) is 18.7 Å². The van der Waals surface area contributed by atoms with Crippen LogP contribution in [0.25, 0.3) is 0 Å². The van der Waals surface area contributed by atoms with E-state index in [9.17, 15) is 4.79 Å². The molecule has 0 fully saturated rings. The number of carbonyl (C=O) groups is 1. The van der Waals surface area contributed by atoms with E-state index in [1.54, 1.807) is 12.1 Å². The molecule has 1 heterocycles. The Labute approximate surface area is 162 Å². The average molecular weight is 398 g/mol. The van der Waals surface area contributed by atoms with Gasteiger partial charge in [0.25, 0.3) is 5.91 Å². The number of rotatable bonds is 9. The second-order valence-electron chi connectivity index (χ2n) is 5.75. The third kappa shape index (κ3) is 4.86. The van der Waals surface area contributed by atoms with Gasteiger partial charge < -0.3 is 9.47 Å². The first-order valence-electron chi connectivity index (χ1n) is 8.68. The minimum Gasteiger partial charge on any atom is -0.493 e. The summed E-state index contributed by atoms with van der Waals surface area (Å²) in [6.45, 7) is 6.75. The third-order valence-electron chi connectivity index (χ3n) is 3.94. The van der Waals surface area contributed by atoms with Gasteiger partial charge in [0.1, 0.15) is 5.01 Å². The van der Waals surface area contributed by atoms with Crippen LogP contribution in [0.4, 0.5) is 5.13 Å². The number of nitrogens with one attached hydrogen (secondary N) is 1. The van der Waals surface area contributed by atoms with E-state index in [0.29, 0.717) is 39.7 Å². The number of amides is 1. The van der Waals surface area contributed by atoms with Crippen LogP contribution in [-0.2, 0) is 0 Å². The molecule has 26 heavy (non-hydrogen) atoms. The van der Waals surface area contributed by atoms with Crippen LogP contribution in [-0.4, -0.2) is 29.8 Å². The minimum absolute atomic E-state index is 0.320. The molecule has 1 aromatic heterocycles. The molecule has 0 radical (unpaired) electrons. The van der Waals surface area contributed by atoms with Crippen molar-refractivity contribution in [2.24, 2.45) is 0 Å². The van der Waals surface area contributed by atoms with Crippen molar-refractivity contribution in [1.29, 1.82) is 0 Å². The van der Waals surface area contributed by atoms with Gasteiger partial charge in [-0.25, -0.2) is 0 Å². The Morgan fingerprint density at radius 1 is 1.27 bits per heavy atom. The minimum atomic E-state index is -0.320. The van der Waals surface area contributed by atoms with Crippen LogP contribution < -0.4 is 14.8 Å². The molecule has 0 spiro atoms. The molecule has 0 aliphatic rings. The van der Waals surface area contributed by atoms with Gasteiger partial charge in [0.15, 0.2) is 11.5 Å². The van der Waals surface area contributed by atoms with Crippen molar-refractivity contribution in [2.75, 3.05) is 19.0 Å². The van der Waals surface area contributed by atoms with Crippen molar-refractivity contribution < 1.29 is 14.3 Å². The standard InChI is InChI=1S/C18H24ClN3O3S/c1-5-8-25-15-13(19)9-12(10-14(15)24-4)16(23)20-18-22-21-17(26-18)11(6-2)7-3/h9-11H,5-8H2,1-4H3,(H,20,22,23). The smallest absolute Gasteiger partial charge is 0.257 e. The number of hydrogen-bond acceptors (Lipinski definition) is 6. The topological polar surface area (TPSA) is 73.3 Å². The summed E-state index contributed by atoms with van der Waals surface area (Å²) in [5.41, 5.74) is 0.370. The predicted octanol–water partition coefficient (Wildman–Crippen LogP) is 5.14. The monoisotopic (exact) mass is 397 g/mol. The lowest BCUT2D eigenvalue weighted by Crippen LogP contribution is -2.12. The van der Waals surface area contributed by atoms with Gasteiger partial charge in [-0.15, -0.1) is 10.2 Å². The van der Waals surface area contributed by atoms with E-state index in [1.807, 2.05) is 6.92 Å². The maximum atomic E-state index is 12.6. The number of benzene rings is 1. The number of anilines is 1. The van der Waals surface area contributed by atoms with E-state index in [4.69, 9.17) is 21.1 Å². The predicted molar refractivity (Wildman–Crippen MR) is 105 cm³/mol. The van der Waals surface area contributed by atoms with Crippen molar-refractivity contribution in [3.05, 3.63) is 27.7 Å². The van der Waals surface area contributed by atoms with Crippen LogP contribution in [0.5, 0.6) is 11.5 Å². The highest BCUT2D eigenvalue weighted by Crippen LogP contribution is 2.37. The maximum absolute atomic E-state index is 12.6. The molecule has 0 bridgehead atoms. The van der Waals surface area contributed by atoms with Gasteiger partial charge >= 0.3 is 0 Å². The highest BCUT2D eigenvalue weighted by molar-refractivity contribution is 7.15. The number of hydrogen-bond donors (Lipinski definition) is 1. The molecule has 1 N–H and O–H groups in total. The first kappa shape index (κ1) is 20.5. The fraction of sp³-hybridized carbons (Fsp3) is 0.500. The largest absolute Gasteiger partial charge is 0.493 e. The molecule has 1 aromatic carbocycles. The van der Waals surface area contributed by atoms with Gasteiger partial charge in [0.2, 0.25) is 5.13 Å². The van der Waals surface area contributed by atoms with E-state index in [-0.39, 0.29) is 5.91 Å². The van der Waals surface area contributed by atoms with E-state index >= 15 is 0 Å². The zero-order chi connectivity index (χ0) is 19.1. The summed E-state index contributed by atoms with van der Waals surface area (Å²) >= 11 is 7.67. The van der Waals surface area contributed by atoms with Crippen LogP contribution in [0.15, 0.2) is 12.1 Å². The zero-order valence-corrected chi connectivity index (χ0v) is 17.0. The molecule has 8 heteroatoms. The summed E-state index contributed by atoms with van der Waals surface area (Å²) in [5.74, 6) is 0.910. The fourth-order valence-corrected chi connectivity index (χ4v) is 3.72. The number of halogens is 1. The Morgan fingerprint density at radius 3 is 2.62 bits per heavy atom. The molecule has 2 rings (SSSR count). The first-order chi connectivity index (χ1) is 12.5. The van der Waals surface area contributed by atoms with Crippen LogP contribution in [0.3, 0.4) is 0 Å². The van der Waals surface area contributed by atoms with Crippen molar-refractivity contribution in [3.8, 4) is 11.5 Å². The summed E-state index contributed by atoms with van der Waals surface area (Å²) < 4.78 is 10.9. The molecular weight excluding hydrogens is 374 g/mol. The van der Waals surface area contributed by atoms with E-state index < -0.39 is 0 Å². The molecule has 2 aromatic rings. The van der Waals surface area contributed by atoms with E-state index in [1.165, 1.54) is 18.4 Å². The molecule has 0 unspecified atom stereocenters. The SMILES string of the molecule is CCCOc1c(Cl)cc(C(=O)Nc2nnc(C(CC)CC)s2)cc1OC. The molecule has 142 valence electrons. The van der Waals surface area contributed by atoms with Gasteiger partial charge in [-0.05, 0) is 31.4 Å². The Kier molecular flexibility index (Phi) is 7.66. The normalized spacial score (nSPS) is 10.8. The van der Waals surface area contributed by atoms with Crippen LogP contribution in [0, 0.1) is 0 Å². The van der Waals surface area contributed by atoms with Crippen molar-refractivity contribution >= 4 is 34.0 Å². The van der Waals surface area contributed by atoms with Crippen LogP contribution >= 0.6 is 22.9 Å². The summed E-state index contributed by atoms with van der Waals surface area (Å²) in [5, 5.41) is 12.8. The highest BCUT2D eigenvalue weighted by Gasteiger charge is 2.18. The summed E-state index contributed by atoms with van der Waals surface area (Å²) in [4.78, 5) is 12.6. The fourth-order valence-electron chi connectivity index (χ4n) is 2.45. The molecule has 0 saturated carbocycles. The van der Waals surface area contributed by atoms with Gasteiger partial charge in [-0.2, -0.15) is 0 Å². The summed E-state index contributed by atoms with van der Waals surface area (Å²) in [6.07, 6.45) is 2.83. The van der Waals surface area contributed by atoms with Crippen LogP contribution in [0.2, 0.25) is 5.02 Å². The molecule has 0 atom stereocenters. The second-order valence-corrected chi connectivity index (χ2v) is 7.17. The van der Waals surface area contributed by atoms with Crippen molar-refractivity contribution in [3.63, 3.8) is 0 Å². The lowest BCUT2D eigenvalue weighted by Gasteiger charge is -2.13. The Balaban J connectivity index is 2.18. The summed E-state index contributed by atoms with van der Waals surface area (Å²) in [6, 6.07) is 3.17. The summed E-state index contributed by atoms with van der Waals surface area (Å²) in [7, 11) is 1.51. The lowest BCUT2D eigenvalue weighted by molar-refractivity contribution is 0.102. The number of aromatic nitrogens is 2. The second kappa shape index (κ2) is 9.73. The number of carbonyl (C=O) groups excluding carboxylic acids is 1. The Hall–Kier alpha value is -1.86. The van der Waals surface area contributed by atoms with Crippen molar-refractivity contribution in [1.82, 2.24) is 10.2 Å². The maximum Gasteiger partial charge on any atom is 0.257 e.